The monoisotopic (exact) mass is 426 g/mol. The number of rotatable bonds is 3. The van der Waals surface area contributed by atoms with Crippen LogP contribution in [0.4, 0.5) is 5.82 Å². The minimum absolute atomic E-state index is 0.0166. The molecule has 0 radical (unpaired) electrons. The number of fused-ring (bicyclic) bond motifs is 1. The topological polar surface area (TPSA) is 49.3 Å². The van der Waals surface area contributed by atoms with Gasteiger partial charge in [-0.05, 0) is 42.8 Å². The maximum absolute atomic E-state index is 12.5. The summed E-state index contributed by atoms with van der Waals surface area (Å²) in [4.78, 5) is 26.0. The molecule has 1 fully saturated rings. The minimum Gasteiger partial charge on any atom is -0.352 e. The van der Waals surface area contributed by atoms with Crippen molar-refractivity contribution in [3.8, 4) is 0 Å². The van der Waals surface area contributed by atoms with Gasteiger partial charge in [-0.1, -0.05) is 41.4 Å². The van der Waals surface area contributed by atoms with Crippen LogP contribution in [0.25, 0.3) is 17.1 Å². The number of hydrogen-bond acceptors (Lipinski definition) is 4. The lowest BCUT2D eigenvalue weighted by molar-refractivity contribution is -0.126. The van der Waals surface area contributed by atoms with Crippen molar-refractivity contribution in [2.24, 2.45) is 0 Å². The predicted molar refractivity (Wildman–Crippen MR) is 119 cm³/mol. The third-order valence-corrected chi connectivity index (χ3v) is 5.71. The largest absolute Gasteiger partial charge is 0.352 e. The van der Waals surface area contributed by atoms with Gasteiger partial charge in [-0.15, -0.1) is 0 Å². The van der Waals surface area contributed by atoms with Crippen molar-refractivity contribution >= 4 is 52.0 Å². The Kier molecular flexibility index (Phi) is 5.69. The molecule has 2 heterocycles. The molecule has 0 bridgehead atoms. The number of piperazine rings is 1. The van der Waals surface area contributed by atoms with Crippen LogP contribution in [0.3, 0.4) is 0 Å². The summed E-state index contributed by atoms with van der Waals surface area (Å²) in [5.41, 5.74) is 3.53. The Morgan fingerprint density at radius 1 is 0.966 bits per heavy atom. The number of para-hydroxylation sites is 2. The van der Waals surface area contributed by atoms with Crippen LogP contribution < -0.4 is 4.90 Å². The number of aryl methyl sites for hydroxylation is 1. The van der Waals surface area contributed by atoms with E-state index in [4.69, 9.17) is 28.2 Å². The molecule has 1 aliphatic heterocycles. The lowest BCUT2D eigenvalue weighted by Gasteiger charge is -2.35. The summed E-state index contributed by atoms with van der Waals surface area (Å²) < 4.78 is 0. The molecule has 0 N–H and O–H groups in total. The zero-order chi connectivity index (χ0) is 20.4. The van der Waals surface area contributed by atoms with E-state index in [0.29, 0.717) is 23.1 Å². The van der Waals surface area contributed by atoms with Gasteiger partial charge in [0.2, 0.25) is 5.91 Å². The number of nitrogens with zero attached hydrogens (tertiary/aromatic N) is 4. The molecule has 1 aromatic heterocycles. The zero-order valence-electron chi connectivity index (χ0n) is 16.0. The number of benzene rings is 2. The smallest absolute Gasteiger partial charge is 0.246 e. The van der Waals surface area contributed by atoms with Crippen LogP contribution in [-0.2, 0) is 4.79 Å². The maximum atomic E-state index is 12.5. The quantitative estimate of drug-likeness (QED) is 0.573. The number of hydrogen-bond donors (Lipinski definition) is 0. The Hall–Kier alpha value is -2.63. The SMILES string of the molecule is Cc1nc2ccccc2nc1N1CCN(C(=O)/C=C/c2ccc(Cl)c(Cl)c2)CC1. The van der Waals surface area contributed by atoms with E-state index in [0.717, 1.165) is 41.2 Å². The van der Waals surface area contributed by atoms with E-state index in [1.54, 1.807) is 24.3 Å². The van der Waals surface area contributed by atoms with Gasteiger partial charge in [-0.2, -0.15) is 0 Å². The van der Waals surface area contributed by atoms with Crippen LogP contribution in [-0.4, -0.2) is 47.0 Å². The van der Waals surface area contributed by atoms with E-state index < -0.39 is 0 Å². The molecule has 7 heteroatoms. The van der Waals surface area contributed by atoms with Crippen molar-refractivity contribution in [2.75, 3.05) is 31.1 Å². The van der Waals surface area contributed by atoms with Gasteiger partial charge in [0, 0.05) is 32.3 Å². The Labute approximate surface area is 179 Å². The van der Waals surface area contributed by atoms with E-state index >= 15 is 0 Å². The van der Waals surface area contributed by atoms with Crippen molar-refractivity contribution in [1.82, 2.24) is 14.9 Å². The van der Waals surface area contributed by atoms with E-state index in [9.17, 15) is 4.79 Å². The molecule has 0 unspecified atom stereocenters. The first-order chi connectivity index (χ1) is 14.0. The number of aromatic nitrogens is 2. The molecule has 3 aromatic rings. The van der Waals surface area contributed by atoms with Gasteiger partial charge in [0.15, 0.2) is 5.82 Å². The zero-order valence-corrected chi connectivity index (χ0v) is 17.5. The van der Waals surface area contributed by atoms with Gasteiger partial charge in [0.05, 0.1) is 26.8 Å². The fourth-order valence-corrected chi connectivity index (χ4v) is 3.71. The average molecular weight is 427 g/mol. The molecule has 0 spiro atoms. The van der Waals surface area contributed by atoms with Gasteiger partial charge >= 0.3 is 0 Å². The third-order valence-electron chi connectivity index (χ3n) is 4.97. The highest BCUT2D eigenvalue weighted by atomic mass is 35.5. The molecule has 1 aliphatic rings. The fraction of sp³-hybridized carbons (Fsp3) is 0.227. The average Bonchev–Trinajstić information content (AvgIpc) is 2.74. The van der Waals surface area contributed by atoms with Crippen LogP contribution in [0.5, 0.6) is 0 Å². The number of amides is 1. The van der Waals surface area contributed by atoms with E-state index in [-0.39, 0.29) is 5.91 Å². The highest BCUT2D eigenvalue weighted by Crippen LogP contribution is 2.24. The first-order valence-corrected chi connectivity index (χ1v) is 10.2. The first kappa shape index (κ1) is 19.7. The van der Waals surface area contributed by atoms with Crippen molar-refractivity contribution in [3.63, 3.8) is 0 Å². The van der Waals surface area contributed by atoms with Gasteiger partial charge in [0.25, 0.3) is 0 Å². The van der Waals surface area contributed by atoms with E-state index in [2.05, 4.69) is 9.88 Å². The van der Waals surface area contributed by atoms with Crippen LogP contribution in [0, 0.1) is 6.92 Å². The van der Waals surface area contributed by atoms with Crippen molar-refractivity contribution in [3.05, 3.63) is 69.8 Å². The molecule has 1 amide bonds. The summed E-state index contributed by atoms with van der Waals surface area (Å²) in [5, 5.41) is 0.972. The molecule has 148 valence electrons. The molecular weight excluding hydrogens is 407 g/mol. The Bertz CT molecular complexity index is 1090. The minimum atomic E-state index is -0.0166. The molecule has 5 nitrogen and oxygen atoms in total. The second kappa shape index (κ2) is 8.39. The van der Waals surface area contributed by atoms with E-state index in [1.807, 2.05) is 42.2 Å². The molecular formula is C22H20Cl2N4O. The number of anilines is 1. The van der Waals surface area contributed by atoms with Gasteiger partial charge < -0.3 is 9.80 Å². The van der Waals surface area contributed by atoms with Crippen LogP contribution in [0.1, 0.15) is 11.3 Å². The highest BCUT2D eigenvalue weighted by molar-refractivity contribution is 6.42. The molecule has 4 rings (SSSR count). The van der Waals surface area contributed by atoms with Crippen LogP contribution >= 0.6 is 23.2 Å². The van der Waals surface area contributed by atoms with Gasteiger partial charge in [-0.3, -0.25) is 4.79 Å². The summed E-state index contributed by atoms with van der Waals surface area (Å²) in [5.74, 6) is 0.874. The lowest BCUT2D eigenvalue weighted by atomic mass is 10.2. The number of halogens is 2. The fourth-order valence-electron chi connectivity index (χ4n) is 3.41. The lowest BCUT2D eigenvalue weighted by Crippen LogP contribution is -2.48. The number of carbonyl (C=O) groups is 1. The summed E-state index contributed by atoms with van der Waals surface area (Å²) in [6.07, 6.45) is 3.34. The Morgan fingerprint density at radius 2 is 1.66 bits per heavy atom. The standard InChI is InChI=1S/C22H20Cl2N4O/c1-15-22(26-20-5-3-2-4-19(20)25-15)28-12-10-27(11-13-28)21(29)9-7-16-6-8-17(23)18(24)14-16/h2-9,14H,10-13H2,1H3/b9-7+. The normalized spacial score (nSPS) is 14.7. The Morgan fingerprint density at radius 3 is 2.34 bits per heavy atom. The second-order valence-corrected chi connectivity index (χ2v) is 7.75. The summed E-state index contributed by atoms with van der Waals surface area (Å²) in [6, 6.07) is 13.2. The molecule has 0 saturated carbocycles. The summed E-state index contributed by atoms with van der Waals surface area (Å²) in [7, 11) is 0. The van der Waals surface area contributed by atoms with Crippen molar-refractivity contribution < 1.29 is 4.79 Å². The molecule has 0 aliphatic carbocycles. The van der Waals surface area contributed by atoms with Crippen LogP contribution in [0.15, 0.2) is 48.5 Å². The summed E-state index contributed by atoms with van der Waals surface area (Å²) >= 11 is 12.0. The van der Waals surface area contributed by atoms with Crippen LogP contribution in [0.2, 0.25) is 10.0 Å². The molecule has 1 saturated heterocycles. The van der Waals surface area contributed by atoms with Gasteiger partial charge in [0.1, 0.15) is 0 Å². The molecule has 0 atom stereocenters. The predicted octanol–water partition coefficient (Wildman–Crippen LogP) is 4.61. The van der Waals surface area contributed by atoms with Crippen molar-refractivity contribution in [2.45, 2.75) is 6.92 Å². The number of carbonyl (C=O) groups excluding carboxylic acids is 1. The van der Waals surface area contributed by atoms with E-state index in [1.165, 1.54) is 0 Å². The second-order valence-electron chi connectivity index (χ2n) is 6.94. The molecule has 29 heavy (non-hydrogen) atoms. The third kappa shape index (κ3) is 4.36. The maximum Gasteiger partial charge on any atom is 0.246 e. The van der Waals surface area contributed by atoms with Crippen molar-refractivity contribution in [1.29, 1.82) is 0 Å². The first-order valence-electron chi connectivity index (χ1n) is 9.41. The van der Waals surface area contributed by atoms with Gasteiger partial charge in [-0.25, -0.2) is 9.97 Å². The Balaban J connectivity index is 1.41. The molecule has 2 aromatic carbocycles. The summed E-state index contributed by atoms with van der Waals surface area (Å²) in [6.45, 7) is 4.70. The highest BCUT2D eigenvalue weighted by Gasteiger charge is 2.22.